The molecule has 1 aromatic rings. The summed E-state index contributed by atoms with van der Waals surface area (Å²) in [6.45, 7) is 6.82. The number of carbonyl (C=O) groups is 1. The summed E-state index contributed by atoms with van der Waals surface area (Å²) >= 11 is 1.54. The minimum atomic E-state index is -0.380. The summed E-state index contributed by atoms with van der Waals surface area (Å²) in [5, 5.41) is 0.594. The lowest BCUT2D eigenvalue weighted by Gasteiger charge is -2.33. The zero-order valence-electron chi connectivity index (χ0n) is 10.7. The number of amides is 1. The quantitative estimate of drug-likeness (QED) is 0.806. The standard InChI is InChI=1S/C13H20N2OS/c1-13(2,3)7-4-5-8-9(6-7)17-12(15)10(8)11(14)16/h7H,4-6,15H2,1-3H3,(H2,14,16)/t7-/m0/s1. The van der Waals surface area contributed by atoms with Crippen LogP contribution in [-0.2, 0) is 12.8 Å². The van der Waals surface area contributed by atoms with Gasteiger partial charge in [-0.15, -0.1) is 11.3 Å². The van der Waals surface area contributed by atoms with Crippen LogP contribution < -0.4 is 11.5 Å². The first-order chi connectivity index (χ1) is 7.80. The molecular weight excluding hydrogens is 232 g/mol. The number of primary amides is 1. The largest absolute Gasteiger partial charge is 0.390 e. The highest BCUT2D eigenvalue weighted by molar-refractivity contribution is 7.16. The van der Waals surface area contributed by atoms with E-state index in [4.69, 9.17) is 11.5 Å². The molecule has 2 rings (SSSR count). The van der Waals surface area contributed by atoms with Gasteiger partial charge in [0.25, 0.3) is 5.91 Å². The Morgan fingerprint density at radius 1 is 1.41 bits per heavy atom. The topological polar surface area (TPSA) is 69.1 Å². The van der Waals surface area contributed by atoms with Crippen LogP contribution in [0.15, 0.2) is 0 Å². The molecule has 17 heavy (non-hydrogen) atoms. The number of carbonyl (C=O) groups excluding carboxylic acids is 1. The molecule has 0 saturated carbocycles. The monoisotopic (exact) mass is 252 g/mol. The van der Waals surface area contributed by atoms with Crippen molar-refractivity contribution < 1.29 is 4.79 Å². The van der Waals surface area contributed by atoms with Gasteiger partial charge in [-0.1, -0.05) is 20.8 Å². The Bertz CT molecular complexity index is 457. The van der Waals surface area contributed by atoms with E-state index in [2.05, 4.69) is 20.8 Å². The van der Waals surface area contributed by atoms with Crippen LogP contribution in [0.25, 0.3) is 0 Å². The normalized spacial score (nSPS) is 20.1. The maximum atomic E-state index is 11.4. The predicted octanol–water partition coefficient (Wildman–Crippen LogP) is 2.58. The summed E-state index contributed by atoms with van der Waals surface area (Å²) in [6, 6.07) is 0. The first-order valence-corrected chi connectivity index (χ1v) is 6.82. The lowest BCUT2D eigenvalue weighted by atomic mass is 9.72. The first-order valence-electron chi connectivity index (χ1n) is 6.00. The molecule has 0 aromatic carbocycles. The van der Waals surface area contributed by atoms with Gasteiger partial charge >= 0.3 is 0 Å². The van der Waals surface area contributed by atoms with E-state index >= 15 is 0 Å². The molecule has 0 fully saturated rings. The van der Waals surface area contributed by atoms with Gasteiger partial charge in [-0.25, -0.2) is 0 Å². The van der Waals surface area contributed by atoms with Crippen LogP contribution in [-0.4, -0.2) is 5.91 Å². The molecule has 0 aliphatic heterocycles. The van der Waals surface area contributed by atoms with Crippen LogP contribution in [0.1, 0.15) is 48.0 Å². The van der Waals surface area contributed by atoms with Crippen molar-refractivity contribution in [2.24, 2.45) is 17.1 Å². The molecule has 1 atom stereocenters. The molecule has 1 aliphatic carbocycles. The Balaban J connectivity index is 2.35. The summed E-state index contributed by atoms with van der Waals surface area (Å²) in [4.78, 5) is 12.6. The summed E-state index contributed by atoms with van der Waals surface area (Å²) in [7, 11) is 0. The van der Waals surface area contributed by atoms with E-state index in [-0.39, 0.29) is 5.91 Å². The van der Waals surface area contributed by atoms with E-state index in [9.17, 15) is 4.79 Å². The fourth-order valence-electron chi connectivity index (χ4n) is 2.62. The lowest BCUT2D eigenvalue weighted by molar-refractivity contribution is 0.1000. The molecule has 1 amide bonds. The van der Waals surface area contributed by atoms with Gasteiger partial charge in [-0.3, -0.25) is 4.79 Å². The summed E-state index contributed by atoms with van der Waals surface area (Å²) < 4.78 is 0. The summed E-state index contributed by atoms with van der Waals surface area (Å²) in [6.07, 6.45) is 3.08. The molecule has 0 unspecified atom stereocenters. The number of hydrogen-bond donors (Lipinski definition) is 2. The molecule has 0 radical (unpaired) electrons. The number of hydrogen-bond acceptors (Lipinski definition) is 3. The molecule has 4 heteroatoms. The molecule has 1 aliphatic rings. The highest BCUT2D eigenvalue weighted by atomic mass is 32.1. The van der Waals surface area contributed by atoms with Crippen LogP contribution in [0.2, 0.25) is 0 Å². The maximum absolute atomic E-state index is 11.4. The second kappa shape index (κ2) is 4.02. The Hall–Kier alpha value is -1.03. The van der Waals surface area contributed by atoms with Gasteiger partial charge in [0.2, 0.25) is 0 Å². The molecule has 0 saturated heterocycles. The van der Waals surface area contributed by atoms with Crippen LogP contribution in [0.5, 0.6) is 0 Å². The Morgan fingerprint density at radius 3 is 2.59 bits per heavy atom. The van der Waals surface area contributed by atoms with Gasteiger partial charge < -0.3 is 11.5 Å². The smallest absolute Gasteiger partial charge is 0.251 e. The Labute approximate surface area is 106 Å². The number of nitrogen functional groups attached to an aromatic ring is 1. The van der Waals surface area contributed by atoms with Gasteiger partial charge in [-0.2, -0.15) is 0 Å². The van der Waals surface area contributed by atoms with E-state index in [1.807, 2.05) is 0 Å². The number of nitrogens with two attached hydrogens (primary N) is 2. The van der Waals surface area contributed by atoms with Gasteiger partial charge in [0.1, 0.15) is 0 Å². The number of thiophene rings is 1. The average Bonchev–Trinajstić information content (AvgIpc) is 2.50. The molecule has 3 nitrogen and oxygen atoms in total. The van der Waals surface area contributed by atoms with E-state index in [1.165, 1.54) is 4.88 Å². The first kappa shape index (κ1) is 12.4. The highest BCUT2D eigenvalue weighted by Gasteiger charge is 2.32. The molecule has 4 N–H and O–H groups in total. The van der Waals surface area contributed by atoms with Crippen molar-refractivity contribution in [3.63, 3.8) is 0 Å². The zero-order chi connectivity index (χ0) is 12.8. The van der Waals surface area contributed by atoms with Crippen molar-refractivity contribution in [2.45, 2.75) is 40.0 Å². The van der Waals surface area contributed by atoms with Gasteiger partial charge in [0, 0.05) is 4.88 Å². The second-order valence-electron chi connectivity index (χ2n) is 5.91. The van der Waals surface area contributed by atoms with Crippen LogP contribution in [0, 0.1) is 11.3 Å². The van der Waals surface area contributed by atoms with Crippen molar-refractivity contribution in [1.29, 1.82) is 0 Å². The lowest BCUT2D eigenvalue weighted by Crippen LogP contribution is -2.27. The third-order valence-electron chi connectivity index (χ3n) is 3.76. The molecule has 1 heterocycles. The van der Waals surface area contributed by atoms with Crippen molar-refractivity contribution in [3.05, 3.63) is 16.0 Å². The Morgan fingerprint density at radius 2 is 2.06 bits per heavy atom. The highest BCUT2D eigenvalue weighted by Crippen LogP contribution is 2.43. The van der Waals surface area contributed by atoms with Gasteiger partial charge in [-0.05, 0) is 36.2 Å². The van der Waals surface area contributed by atoms with Gasteiger partial charge in [0.15, 0.2) is 0 Å². The average molecular weight is 252 g/mol. The fourth-order valence-corrected chi connectivity index (χ4v) is 3.82. The third kappa shape index (κ3) is 2.18. The van der Waals surface area contributed by atoms with E-state index in [1.54, 1.807) is 11.3 Å². The second-order valence-corrected chi connectivity index (χ2v) is 7.05. The molecular formula is C13H20N2OS. The van der Waals surface area contributed by atoms with Gasteiger partial charge in [0.05, 0.1) is 10.6 Å². The maximum Gasteiger partial charge on any atom is 0.251 e. The molecule has 1 aromatic heterocycles. The van der Waals surface area contributed by atoms with E-state index in [0.717, 1.165) is 24.8 Å². The number of anilines is 1. The predicted molar refractivity (Wildman–Crippen MR) is 72.2 cm³/mol. The van der Waals surface area contributed by atoms with Crippen molar-refractivity contribution in [3.8, 4) is 0 Å². The van der Waals surface area contributed by atoms with E-state index in [0.29, 0.717) is 21.9 Å². The zero-order valence-corrected chi connectivity index (χ0v) is 11.5. The molecule has 94 valence electrons. The molecule has 0 spiro atoms. The molecule has 0 bridgehead atoms. The minimum Gasteiger partial charge on any atom is -0.390 e. The SMILES string of the molecule is CC(C)(C)[C@H]1CCc2c(sc(N)c2C(N)=O)C1. The van der Waals surface area contributed by atoms with Crippen LogP contribution in [0.3, 0.4) is 0 Å². The summed E-state index contributed by atoms with van der Waals surface area (Å²) in [5.74, 6) is 0.281. The number of fused-ring (bicyclic) bond motifs is 1. The summed E-state index contributed by atoms with van der Waals surface area (Å²) in [5.41, 5.74) is 13.3. The fraction of sp³-hybridized carbons (Fsp3) is 0.615. The minimum absolute atomic E-state index is 0.309. The van der Waals surface area contributed by atoms with Crippen molar-refractivity contribution in [1.82, 2.24) is 0 Å². The van der Waals surface area contributed by atoms with Crippen LogP contribution in [0.4, 0.5) is 5.00 Å². The Kier molecular flexibility index (Phi) is 2.94. The number of rotatable bonds is 1. The third-order valence-corrected chi connectivity index (χ3v) is 4.85. The van der Waals surface area contributed by atoms with Crippen molar-refractivity contribution in [2.75, 3.05) is 5.73 Å². The van der Waals surface area contributed by atoms with Crippen LogP contribution >= 0.6 is 11.3 Å². The van der Waals surface area contributed by atoms with Crippen molar-refractivity contribution >= 4 is 22.2 Å². The van der Waals surface area contributed by atoms with E-state index < -0.39 is 0 Å².